The lowest BCUT2D eigenvalue weighted by Crippen LogP contribution is -2.44. The predicted octanol–water partition coefficient (Wildman–Crippen LogP) is 4.92. The van der Waals surface area contributed by atoms with Gasteiger partial charge < -0.3 is 4.90 Å². The summed E-state index contributed by atoms with van der Waals surface area (Å²) in [6, 6.07) is 15.6. The smallest absolute Gasteiger partial charge is 0.270 e. The molecule has 0 aliphatic carbocycles. The molecule has 0 saturated heterocycles. The first-order valence-corrected chi connectivity index (χ1v) is 12.0. The lowest BCUT2D eigenvalue weighted by molar-refractivity contribution is 0.401. The Kier molecular flexibility index (Phi) is 5.47. The second kappa shape index (κ2) is 8.38. The van der Waals surface area contributed by atoms with Gasteiger partial charge in [0.15, 0.2) is 0 Å². The molecule has 7 heteroatoms. The van der Waals surface area contributed by atoms with Crippen LogP contribution < -0.4 is 15.9 Å². The van der Waals surface area contributed by atoms with Crippen LogP contribution >= 0.6 is 0 Å². The van der Waals surface area contributed by atoms with Crippen LogP contribution in [-0.4, -0.2) is 29.3 Å². The van der Waals surface area contributed by atoms with Crippen molar-refractivity contribution in [3.05, 3.63) is 75.1 Å². The molecule has 3 heterocycles. The van der Waals surface area contributed by atoms with Crippen molar-refractivity contribution in [3.63, 3.8) is 0 Å². The minimum Gasteiger partial charge on any atom is -0.371 e. The lowest BCUT2D eigenvalue weighted by atomic mass is 9.69. The van der Waals surface area contributed by atoms with Crippen molar-refractivity contribution >= 4 is 17.9 Å². The van der Waals surface area contributed by atoms with E-state index in [4.69, 9.17) is 0 Å². The number of hydrazone groups is 1. The van der Waals surface area contributed by atoms with Gasteiger partial charge in [0.05, 0.1) is 11.9 Å². The highest BCUT2D eigenvalue weighted by atomic mass is 16.1. The summed E-state index contributed by atoms with van der Waals surface area (Å²) < 4.78 is 0. The topological polar surface area (TPSA) is 97.2 Å². The summed E-state index contributed by atoms with van der Waals surface area (Å²) in [4.78, 5) is 22.1. The molecule has 35 heavy (non-hydrogen) atoms. The molecule has 0 amide bonds. The summed E-state index contributed by atoms with van der Waals surface area (Å²) >= 11 is 0. The quantitative estimate of drug-likeness (QED) is 0.420. The number of H-pyrrole nitrogens is 1. The molecule has 2 N–H and O–H groups in total. The van der Waals surface area contributed by atoms with Gasteiger partial charge in [-0.3, -0.25) is 9.78 Å². The Balaban J connectivity index is 1.50. The Bertz CT molecular complexity index is 1370. The van der Waals surface area contributed by atoms with Crippen molar-refractivity contribution in [2.75, 3.05) is 23.4 Å². The number of anilines is 2. The molecule has 5 rings (SSSR count). The molecule has 0 saturated carbocycles. The SMILES string of the molecule is CC1(C)CCN2CCC(C)(C)c3cc(C=NNc4nc(-c5ccccc5)c(C#N)c(=O)[nH]4)cc1c32. The first kappa shape index (κ1) is 22.9. The maximum absolute atomic E-state index is 12.5. The molecule has 0 atom stereocenters. The van der Waals surface area contributed by atoms with E-state index in [1.54, 1.807) is 6.21 Å². The number of nitrogens with one attached hydrogen (secondary N) is 2. The highest BCUT2D eigenvalue weighted by Crippen LogP contribution is 2.49. The van der Waals surface area contributed by atoms with Gasteiger partial charge in [0.25, 0.3) is 5.56 Å². The fraction of sp³-hybridized carbons (Fsp3) is 0.357. The van der Waals surface area contributed by atoms with Gasteiger partial charge in [-0.25, -0.2) is 10.4 Å². The molecule has 0 spiro atoms. The second-order valence-corrected chi connectivity index (χ2v) is 10.7. The molecular weight excluding hydrogens is 436 g/mol. The lowest BCUT2D eigenvalue weighted by Gasteiger charge is -2.48. The average Bonchev–Trinajstić information content (AvgIpc) is 2.83. The Morgan fingerprint density at radius 2 is 1.71 bits per heavy atom. The van der Waals surface area contributed by atoms with Gasteiger partial charge >= 0.3 is 0 Å². The van der Waals surface area contributed by atoms with Crippen LogP contribution in [0.5, 0.6) is 0 Å². The normalized spacial score (nSPS) is 17.6. The summed E-state index contributed by atoms with van der Waals surface area (Å²) in [6.45, 7) is 11.5. The zero-order valence-corrected chi connectivity index (χ0v) is 20.6. The number of hydrogen-bond acceptors (Lipinski definition) is 6. The fourth-order valence-electron chi connectivity index (χ4n) is 5.14. The van der Waals surface area contributed by atoms with Crippen LogP contribution in [0.15, 0.2) is 52.4 Å². The number of aromatic nitrogens is 2. The summed E-state index contributed by atoms with van der Waals surface area (Å²) in [6.07, 6.45) is 4.02. The molecule has 2 aliphatic heterocycles. The maximum Gasteiger partial charge on any atom is 0.270 e. The van der Waals surface area contributed by atoms with Gasteiger partial charge in [-0.1, -0.05) is 58.0 Å². The van der Waals surface area contributed by atoms with Crippen LogP contribution in [0.4, 0.5) is 11.6 Å². The molecule has 0 bridgehead atoms. The van der Waals surface area contributed by atoms with Crippen molar-refractivity contribution in [2.24, 2.45) is 5.10 Å². The molecule has 0 fully saturated rings. The molecule has 178 valence electrons. The molecule has 7 nitrogen and oxygen atoms in total. The van der Waals surface area contributed by atoms with Crippen LogP contribution in [0.2, 0.25) is 0 Å². The highest BCUT2D eigenvalue weighted by Gasteiger charge is 2.39. The fourth-order valence-corrected chi connectivity index (χ4v) is 5.14. The van der Waals surface area contributed by atoms with Gasteiger partial charge in [-0.2, -0.15) is 10.4 Å². The number of nitriles is 1. The molecule has 3 aromatic rings. The third-order valence-electron chi connectivity index (χ3n) is 7.38. The molecule has 2 aliphatic rings. The van der Waals surface area contributed by atoms with E-state index in [2.05, 4.69) is 65.2 Å². The second-order valence-electron chi connectivity index (χ2n) is 10.7. The first-order chi connectivity index (χ1) is 16.7. The van der Waals surface area contributed by atoms with E-state index in [9.17, 15) is 10.1 Å². The van der Waals surface area contributed by atoms with E-state index in [-0.39, 0.29) is 22.3 Å². The van der Waals surface area contributed by atoms with Crippen LogP contribution in [0.25, 0.3) is 11.3 Å². The van der Waals surface area contributed by atoms with E-state index in [0.29, 0.717) is 11.3 Å². The van der Waals surface area contributed by atoms with Crippen molar-refractivity contribution in [2.45, 2.75) is 51.4 Å². The summed E-state index contributed by atoms with van der Waals surface area (Å²) in [5.41, 5.74) is 8.70. The maximum atomic E-state index is 12.5. The van der Waals surface area contributed by atoms with Crippen molar-refractivity contribution in [1.82, 2.24) is 9.97 Å². The molecule has 0 unspecified atom stereocenters. The zero-order chi connectivity index (χ0) is 24.8. The van der Waals surface area contributed by atoms with E-state index in [1.165, 1.54) is 16.8 Å². The Morgan fingerprint density at radius 3 is 2.31 bits per heavy atom. The third kappa shape index (κ3) is 4.10. The summed E-state index contributed by atoms with van der Waals surface area (Å²) in [5.74, 6) is 0.190. The monoisotopic (exact) mass is 466 g/mol. The van der Waals surface area contributed by atoms with E-state index < -0.39 is 5.56 Å². The number of rotatable bonds is 4. The third-order valence-corrected chi connectivity index (χ3v) is 7.38. The average molecular weight is 467 g/mol. The van der Waals surface area contributed by atoms with Crippen molar-refractivity contribution in [1.29, 1.82) is 5.26 Å². The largest absolute Gasteiger partial charge is 0.371 e. The van der Waals surface area contributed by atoms with Crippen LogP contribution in [0.3, 0.4) is 0 Å². The molecular formula is C28H30N6O. The van der Waals surface area contributed by atoms with Gasteiger partial charge in [0.2, 0.25) is 5.95 Å². The van der Waals surface area contributed by atoms with Crippen LogP contribution in [0, 0.1) is 11.3 Å². The predicted molar refractivity (Wildman–Crippen MR) is 140 cm³/mol. The Morgan fingerprint density at radius 1 is 1.09 bits per heavy atom. The standard InChI is InChI=1S/C28H30N6O/c1-27(2)10-12-34-13-11-28(3,4)22-15-18(14-21(27)24(22)34)17-30-33-26-31-23(19-8-6-5-7-9-19)20(16-29)25(35)32-26/h5-9,14-15,17H,10-13H2,1-4H3,(H2,31,32,33,35). The molecule has 1 aromatic heterocycles. The minimum atomic E-state index is -0.499. The number of aromatic amines is 1. The van der Waals surface area contributed by atoms with Crippen LogP contribution in [0.1, 0.15) is 62.8 Å². The highest BCUT2D eigenvalue weighted by molar-refractivity contribution is 5.84. The van der Waals surface area contributed by atoms with Gasteiger partial charge in [0.1, 0.15) is 11.6 Å². The Hall–Kier alpha value is -3.92. The van der Waals surface area contributed by atoms with Gasteiger partial charge in [-0.05, 0) is 52.5 Å². The molecule has 2 aromatic carbocycles. The summed E-state index contributed by atoms with van der Waals surface area (Å²) in [7, 11) is 0. The Labute approximate surface area is 205 Å². The number of nitrogens with zero attached hydrogens (tertiary/aromatic N) is 4. The first-order valence-electron chi connectivity index (χ1n) is 12.0. The number of hydrogen-bond donors (Lipinski definition) is 2. The zero-order valence-electron chi connectivity index (χ0n) is 20.6. The van der Waals surface area contributed by atoms with Crippen molar-refractivity contribution < 1.29 is 0 Å². The number of benzene rings is 2. The van der Waals surface area contributed by atoms with Gasteiger partial charge in [-0.15, -0.1) is 0 Å². The van der Waals surface area contributed by atoms with E-state index in [0.717, 1.165) is 31.5 Å². The minimum absolute atomic E-state index is 0.0199. The van der Waals surface area contributed by atoms with E-state index >= 15 is 0 Å². The van der Waals surface area contributed by atoms with Crippen molar-refractivity contribution in [3.8, 4) is 17.3 Å². The summed E-state index contributed by atoms with van der Waals surface area (Å²) in [5, 5.41) is 13.9. The van der Waals surface area contributed by atoms with Crippen LogP contribution in [-0.2, 0) is 10.8 Å². The molecule has 0 radical (unpaired) electrons. The van der Waals surface area contributed by atoms with Gasteiger partial charge in [0, 0.05) is 24.3 Å². The van der Waals surface area contributed by atoms with E-state index in [1.807, 2.05) is 36.4 Å².